The number of nitrogens with zero attached hydrogens (tertiary/aromatic N) is 1. The van der Waals surface area contributed by atoms with Crippen molar-refractivity contribution in [2.45, 2.75) is 19.3 Å². The zero-order chi connectivity index (χ0) is 12.1. The second-order valence-corrected chi connectivity index (χ2v) is 4.21. The van der Waals surface area contributed by atoms with Crippen LogP contribution in [0.1, 0.15) is 24.9 Å². The number of alkyl halides is 1. The maximum Gasteiger partial charge on any atom is 0.196 e. The third-order valence-electron chi connectivity index (χ3n) is 1.92. The van der Waals surface area contributed by atoms with E-state index >= 15 is 0 Å². The number of benzene rings is 1. The first kappa shape index (κ1) is 12.9. The fraction of sp³-hybridized carbons (Fsp3) is 0.455. The summed E-state index contributed by atoms with van der Waals surface area (Å²) in [5, 5.41) is 2.60. The molecule has 5 heteroatoms. The smallest absolute Gasteiger partial charge is 0.196 e. The minimum Gasteiger partial charge on any atom is -0.493 e. The highest BCUT2D eigenvalue weighted by molar-refractivity contribution is 6.20. The van der Waals surface area contributed by atoms with Gasteiger partial charge in [0.1, 0.15) is 11.6 Å². The lowest BCUT2D eigenvalue weighted by Crippen LogP contribution is -2.07. The Labute approximate surface area is 98.5 Å². The first-order valence-electron chi connectivity index (χ1n) is 4.94. The predicted molar refractivity (Wildman–Crippen MR) is 61.1 cm³/mol. The van der Waals surface area contributed by atoms with Gasteiger partial charge in [-0.15, -0.1) is 4.91 Å². The zero-order valence-corrected chi connectivity index (χ0v) is 9.87. The van der Waals surface area contributed by atoms with Crippen LogP contribution < -0.4 is 4.74 Å². The van der Waals surface area contributed by atoms with Gasteiger partial charge in [0.05, 0.1) is 12.2 Å². The van der Waals surface area contributed by atoms with E-state index in [0.717, 1.165) is 0 Å². The van der Waals surface area contributed by atoms with Crippen molar-refractivity contribution in [3.8, 4) is 5.75 Å². The van der Waals surface area contributed by atoms with Crippen molar-refractivity contribution in [3.63, 3.8) is 0 Å². The number of ether oxygens (including phenoxy) is 1. The summed E-state index contributed by atoms with van der Waals surface area (Å²) in [6.07, 6.45) is 0. The maximum absolute atomic E-state index is 13.4. The van der Waals surface area contributed by atoms with Crippen LogP contribution in [0, 0.1) is 16.6 Å². The monoisotopic (exact) mass is 245 g/mol. The second kappa shape index (κ2) is 5.80. The van der Waals surface area contributed by atoms with Crippen LogP contribution in [0.2, 0.25) is 0 Å². The molecule has 1 rings (SSSR count). The van der Waals surface area contributed by atoms with Crippen molar-refractivity contribution < 1.29 is 9.13 Å². The molecule has 0 saturated carbocycles. The van der Waals surface area contributed by atoms with Gasteiger partial charge < -0.3 is 4.74 Å². The Kier molecular flexibility index (Phi) is 4.68. The largest absolute Gasteiger partial charge is 0.493 e. The highest BCUT2D eigenvalue weighted by Crippen LogP contribution is 2.33. The number of halogens is 2. The van der Waals surface area contributed by atoms with E-state index in [1.54, 1.807) is 6.07 Å². The van der Waals surface area contributed by atoms with Crippen molar-refractivity contribution >= 4 is 11.6 Å². The third kappa shape index (κ3) is 3.17. The van der Waals surface area contributed by atoms with Gasteiger partial charge in [-0.1, -0.05) is 31.5 Å². The summed E-state index contributed by atoms with van der Waals surface area (Å²) in [6.45, 7) is 4.36. The minimum atomic E-state index is -1.26. The maximum atomic E-state index is 13.4. The Hall–Kier alpha value is -1.16. The molecule has 1 atom stereocenters. The molecule has 0 N–H and O–H groups in total. The van der Waals surface area contributed by atoms with Gasteiger partial charge in [-0.05, 0) is 23.2 Å². The van der Waals surface area contributed by atoms with Crippen molar-refractivity contribution in [1.82, 2.24) is 0 Å². The van der Waals surface area contributed by atoms with E-state index in [1.165, 1.54) is 12.1 Å². The number of nitroso groups, excluding NO2 is 1. The van der Waals surface area contributed by atoms with Crippen LogP contribution in [-0.4, -0.2) is 6.61 Å². The Morgan fingerprint density at radius 1 is 1.50 bits per heavy atom. The highest BCUT2D eigenvalue weighted by Gasteiger charge is 2.19. The first-order chi connectivity index (χ1) is 7.56. The number of hydrogen-bond donors (Lipinski definition) is 0. The van der Waals surface area contributed by atoms with E-state index in [-0.39, 0.29) is 11.3 Å². The molecule has 16 heavy (non-hydrogen) atoms. The molecule has 3 nitrogen and oxygen atoms in total. The molecule has 0 aliphatic rings. The Bertz CT molecular complexity index is 371. The predicted octanol–water partition coefficient (Wildman–Crippen LogP) is 3.86. The summed E-state index contributed by atoms with van der Waals surface area (Å²) in [4.78, 5) is 10.3. The number of hydrogen-bond acceptors (Lipinski definition) is 3. The molecule has 0 aromatic heterocycles. The summed E-state index contributed by atoms with van der Waals surface area (Å²) in [7, 11) is 0. The van der Waals surface area contributed by atoms with Gasteiger partial charge in [0.25, 0.3) is 0 Å². The van der Waals surface area contributed by atoms with Crippen molar-refractivity contribution in [1.29, 1.82) is 0 Å². The van der Waals surface area contributed by atoms with Crippen LogP contribution >= 0.6 is 11.6 Å². The fourth-order valence-electron chi connectivity index (χ4n) is 1.18. The molecule has 0 saturated heterocycles. The van der Waals surface area contributed by atoms with Crippen molar-refractivity contribution in [3.05, 3.63) is 34.5 Å². The van der Waals surface area contributed by atoms with E-state index in [1.807, 2.05) is 13.8 Å². The van der Waals surface area contributed by atoms with Gasteiger partial charge in [0.15, 0.2) is 5.50 Å². The van der Waals surface area contributed by atoms with E-state index < -0.39 is 11.3 Å². The summed E-state index contributed by atoms with van der Waals surface area (Å²) in [5.41, 5.74) is -1.26. The minimum absolute atomic E-state index is 0.000170. The summed E-state index contributed by atoms with van der Waals surface area (Å²) in [6, 6.07) is 4.29. The molecule has 0 amide bonds. The quantitative estimate of drug-likeness (QED) is 0.449. The van der Waals surface area contributed by atoms with E-state index in [9.17, 15) is 9.30 Å². The molecule has 0 fully saturated rings. The molecule has 0 aliphatic heterocycles. The summed E-state index contributed by atoms with van der Waals surface area (Å²) >= 11 is 5.62. The van der Waals surface area contributed by atoms with Crippen LogP contribution in [0.4, 0.5) is 4.39 Å². The Balaban J connectivity index is 2.98. The molecular formula is C11H13ClFNO2. The SMILES string of the molecule is CC(C)COc1cccc(F)c1C(Cl)N=O. The van der Waals surface area contributed by atoms with Crippen LogP contribution in [0.25, 0.3) is 0 Å². The third-order valence-corrected chi connectivity index (χ3v) is 2.21. The van der Waals surface area contributed by atoms with Gasteiger partial charge in [-0.3, -0.25) is 0 Å². The van der Waals surface area contributed by atoms with Gasteiger partial charge in [-0.2, -0.15) is 0 Å². The van der Waals surface area contributed by atoms with E-state index in [2.05, 4.69) is 5.18 Å². The second-order valence-electron chi connectivity index (χ2n) is 3.80. The fourth-order valence-corrected chi connectivity index (χ4v) is 1.40. The first-order valence-corrected chi connectivity index (χ1v) is 5.37. The normalized spacial score (nSPS) is 12.6. The zero-order valence-electron chi connectivity index (χ0n) is 9.11. The van der Waals surface area contributed by atoms with Gasteiger partial charge >= 0.3 is 0 Å². The Morgan fingerprint density at radius 2 is 2.19 bits per heavy atom. The van der Waals surface area contributed by atoms with Crippen LogP contribution in [0.3, 0.4) is 0 Å². The molecule has 0 radical (unpaired) electrons. The molecule has 1 aromatic rings. The van der Waals surface area contributed by atoms with Gasteiger partial charge in [-0.25, -0.2) is 4.39 Å². The van der Waals surface area contributed by atoms with Crippen molar-refractivity contribution in [2.24, 2.45) is 11.1 Å². The van der Waals surface area contributed by atoms with E-state index in [4.69, 9.17) is 16.3 Å². The van der Waals surface area contributed by atoms with Crippen LogP contribution in [-0.2, 0) is 0 Å². The molecule has 0 bridgehead atoms. The van der Waals surface area contributed by atoms with Crippen LogP contribution in [0.15, 0.2) is 23.4 Å². The lowest BCUT2D eigenvalue weighted by Gasteiger charge is -2.13. The average molecular weight is 246 g/mol. The average Bonchev–Trinajstić information content (AvgIpc) is 2.25. The lowest BCUT2D eigenvalue weighted by atomic mass is 10.2. The molecule has 88 valence electrons. The summed E-state index contributed by atoms with van der Waals surface area (Å²) in [5.74, 6) is -0.0109. The molecule has 0 spiro atoms. The van der Waals surface area contributed by atoms with Crippen LogP contribution in [0.5, 0.6) is 5.75 Å². The number of rotatable bonds is 5. The summed E-state index contributed by atoms with van der Waals surface area (Å²) < 4.78 is 18.8. The topological polar surface area (TPSA) is 38.7 Å². The standard InChI is InChI=1S/C11H13ClFNO2/c1-7(2)6-16-9-5-3-4-8(13)10(9)11(12)14-15/h3-5,7,11H,6H2,1-2H3. The molecule has 0 heterocycles. The van der Waals surface area contributed by atoms with Gasteiger partial charge in [0, 0.05) is 0 Å². The molecule has 1 aromatic carbocycles. The highest BCUT2D eigenvalue weighted by atomic mass is 35.5. The molecular weight excluding hydrogens is 233 g/mol. The van der Waals surface area contributed by atoms with Gasteiger partial charge in [0.2, 0.25) is 0 Å². The molecule has 0 aliphatic carbocycles. The van der Waals surface area contributed by atoms with E-state index in [0.29, 0.717) is 12.5 Å². The Morgan fingerprint density at radius 3 is 2.75 bits per heavy atom. The lowest BCUT2D eigenvalue weighted by molar-refractivity contribution is 0.267. The molecule has 1 unspecified atom stereocenters. The van der Waals surface area contributed by atoms with Crippen molar-refractivity contribution in [2.75, 3.05) is 6.61 Å².